The van der Waals surface area contributed by atoms with Crippen LogP contribution in [0.25, 0.3) is 0 Å². The van der Waals surface area contributed by atoms with Crippen LogP contribution in [0.2, 0.25) is 0 Å². The molecule has 21 heavy (non-hydrogen) atoms. The van der Waals surface area contributed by atoms with Crippen molar-refractivity contribution in [2.75, 3.05) is 26.4 Å². The molecular formula is C15H19NO4S. The molecule has 1 aromatic rings. The fourth-order valence-corrected chi connectivity index (χ4v) is 3.34. The van der Waals surface area contributed by atoms with Crippen molar-refractivity contribution >= 4 is 10.0 Å². The van der Waals surface area contributed by atoms with Gasteiger partial charge in [0.15, 0.2) is 0 Å². The van der Waals surface area contributed by atoms with E-state index in [1.807, 2.05) is 0 Å². The summed E-state index contributed by atoms with van der Waals surface area (Å²) >= 11 is 0. The highest BCUT2D eigenvalue weighted by Crippen LogP contribution is 2.16. The van der Waals surface area contributed by atoms with E-state index in [-0.39, 0.29) is 17.4 Å². The molecule has 0 bridgehead atoms. The van der Waals surface area contributed by atoms with Crippen LogP contribution >= 0.6 is 0 Å². The minimum atomic E-state index is -3.59. The molecule has 0 aromatic heterocycles. The Kier molecular flexibility index (Phi) is 5.76. The highest BCUT2D eigenvalue weighted by molar-refractivity contribution is 7.89. The first-order valence-corrected chi connectivity index (χ1v) is 8.38. The topological polar surface area (TPSA) is 75.6 Å². The Bertz CT molecular complexity index is 625. The summed E-state index contributed by atoms with van der Waals surface area (Å²) in [6.07, 6.45) is 1.20. The van der Waals surface area contributed by atoms with Gasteiger partial charge in [0, 0.05) is 25.1 Å². The minimum absolute atomic E-state index is 0.0398. The average molecular weight is 309 g/mol. The Morgan fingerprint density at radius 1 is 1.38 bits per heavy atom. The third-order valence-corrected chi connectivity index (χ3v) is 4.70. The third-order valence-electron chi connectivity index (χ3n) is 3.22. The van der Waals surface area contributed by atoms with Gasteiger partial charge in [-0.25, -0.2) is 13.1 Å². The van der Waals surface area contributed by atoms with Crippen LogP contribution in [0, 0.1) is 17.8 Å². The lowest BCUT2D eigenvalue weighted by molar-refractivity contribution is 0.186. The Hall–Kier alpha value is -1.39. The number of hydrogen-bond donors (Lipinski definition) is 2. The van der Waals surface area contributed by atoms with Crippen LogP contribution in [-0.4, -0.2) is 39.9 Å². The maximum atomic E-state index is 12.4. The lowest BCUT2D eigenvalue weighted by atomic mass is 10.1. The highest BCUT2D eigenvalue weighted by atomic mass is 32.2. The van der Waals surface area contributed by atoms with Crippen LogP contribution in [0.5, 0.6) is 0 Å². The molecule has 1 unspecified atom stereocenters. The van der Waals surface area contributed by atoms with Gasteiger partial charge >= 0.3 is 0 Å². The van der Waals surface area contributed by atoms with Crippen LogP contribution in [0.4, 0.5) is 0 Å². The number of rotatable bonds is 5. The Labute approximate surface area is 125 Å². The zero-order valence-electron chi connectivity index (χ0n) is 11.7. The summed E-state index contributed by atoms with van der Waals surface area (Å²) < 4.78 is 32.6. The lowest BCUT2D eigenvalue weighted by Crippen LogP contribution is -2.30. The monoisotopic (exact) mass is 309 g/mol. The van der Waals surface area contributed by atoms with Gasteiger partial charge in [-0.2, -0.15) is 0 Å². The Balaban J connectivity index is 2.13. The quantitative estimate of drug-likeness (QED) is 0.787. The van der Waals surface area contributed by atoms with Crippen LogP contribution in [0.15, 0.2) is 29.2 Å². The summed E-state index contributed by atoms with van der Waals surface area (Å²) in [6.45, 7) is 1.62. The maximum absolute atomic E-state index is 12.4. The molecule has 0 aliphatic carbocycles. The molecule has 2 N–H and O–H groups in total. The van der Waals surface area contributed by atoms with Gasteiger partial charge in [0.05, 0.1) is 18.1 Å². The van der Waals surface area contributed by atoms with Crippen molar-refractivity contribution in [2.45, 2.75) is 17.7 Å². The molecule has 5 nitrogen and oxygen atoms in total. The molecule has 1 atom stereocenters. The second kappa shape index (κ2) is 7.57. The van der Waals surface area contributed by atoms with E-state index in [1.165, 1.54) is 6.07 Å². The lowest BCUT2D eigenvalue weighted by Gasteiger charge is -2.11. The SMILES string of the molecule is O=S(=O)(NCC1CCOC1)c1ccccc1C#CCCO. The summed E-state index contributed by atoms with van der Waals surface area (Å²) in [7, 11) is -3.59. The normalized spacial score (nSPS) is 18.2. The van der Waals surface area contributed by atoms with Crippen molar-refractivity contribution in [1.29, 1.82) is 0 Å². The number of aliphatic hydroxyl groups excluding tert-OH is 1. The van der Waals surface area contributed by atoms with Crippen molar-refractivity contribution in [3.8, 4) is 11.8 Å². The molecule has 0 radical (unpaired) electrons. The summed E-state index contributed by atoms with van der Waals surface area (Å²) in [5.74, 6) is 5.77. The number of nitrogens with one attached hydrogen (secondary N) is 1. The predicted octanol–water partition coefficient (Wildman–Crippen LogP) is 0.735. The zero-order valence-corrected chi connectivity index (χ0v) is 12.5. The van der Waals surface area contributed by atoms with Crippen molar-refractivity contribution in [2.24, 2.45) is 5.92 Å². The molecular weight excluding hydrogens is 290 g/mol. The number of benzene rings is 1. The Morgan fingerprint density at radius 2 is 2.19 bits per heavy atom. The van der Waals surface area contributed by atoms with Crippen LogP contribution in [-0.2, 0) is 14.8 Å². The van der Waals surface area contributed by atoms with Crippen molar-refractivity contribution in [3.05, 3.63) is 29.8 Å². The summed E-state index contributed by atoms with van der Waals surface area (Å²) in [6, 6.07) is 6.62. The second-order valence-electron chi connectivity index (χ2n) is 4.85. The molecule has 114 valence electrons. The molecule has 6 heteroatoms. The van der Waals surface area contributed by atoms with Gasteiger partial charge in [-0.05, 0) is 24.5 Å². The Morgan fingerprint density at radius 3 is 2.90 bits per heavy atom. The largest absolute Gasteiger partial charge is 0.395 e. The fraction of sp³-hybridized carbons (Fsp3) is 0.467. The molecule has 2 rings (SSSR count). The molecule has 1 aliphatic rings. The molecule has 1 heterocycles. The maximum Gasteiger partial charge on any atom is 0.241 e. The highest BCUT2D eigenvalue weighted by Gasteiger charge is 2.21. The van der Waals surface area contributed by atoms with Crippen LogP contribution in [0.1, 0.15) is 18.4 Å². The van der Waals surface area contributed by atoms with E-state index < -0.39 is 10.0 Å². The van der Waals surface area contributed by atoms with Crippen molar-refractivity contribution in [1.82, 2.24) is 4.72 Å². The van der Waals surface area contributed by atoms with Gasteiger partial charge in [0.25, 0.3) is 0 Å². The van der Waals surface area contributed by atoms with E-state index in [9.17, 15) is 8.42 Å². The van der Waals surface area contributed by atoms with Gasteiger partial charge in [-0.1, -0.05) is 24.0 Å². The summed E-state index contributed by atoms with van der Waals surface area (Å²) in [4.78, 5) is 0.175. The van der Waals surface area contributed by atoms with E-state index in [2.05, 4.69) is 16.6 Å². The first-order chi connectivity index (χ1) is 10.1. The van der Waals surface area contributed by atoms with E-state index in [1.54, 1.807) is 18.2 Å². The van der Waals surface area contributed by atoms with Crippen molar-refractivity contribution in [3.63, 3.8) is 0 Å². The van der Waals surface area contributed by atoms with Gasteiger partial charge in [0.1, 0.15) is 0 Å². The minimum Gasteiger partial charge on any atom is -0.395 e. The molecule has 1 aromatic carbocycles. The molecule has 0 amide bonds. The van der Waals surface area contributed by atoms with Crippen LogP contribution in [0.3, 0.4) is 0 Å². The average Bonchev–Trinajstić information content (AvgIpc) is 2.99. The molecule has 0 spiro atoms. The van der Waals surface area contributed by atoms with Crippen molar-refractivity contribution < 1.29 is 18.3 Å². The van der Waals surface area contributed by atoms with E-state index in [0.29, 0.717) is 31.7 Å². The van der Waals surface area contributed by atoms with Crippen LogP contribution < -0.4 is 4.72 Å². The number of sulfonamides is 1. The summed E-state index contributed by atoms with van der Waals surface area (Å²) in [5, 5.41) is 8.73. The molecule has 1 fully saturated rings. The first-order valence-electron chi connectivity index (χ1n) is 6.89. The van der Waals surface area contributed by atoms with E-state index in [0.717, 1.165) is 6.42 Å². The first kappa shape index (κ1) is 16.0. The van der Waals surface area contributed by atoms with Gasteiger partial charge in [-0.3, -0.25) is 0 Å². The van der Waals surface area contributed by atoms with E-state index >= 15 is 0 Å². The van der Waals surface area contributed by atoms with Gasteiger partial charge < -0.3 is 9.84 Å². The number of ether oxygens (including phenoxy) is 1. The third kappa shape index (κ3) is 4.55. The molecule has 1 aliphatic heterocycles. The summed E-state index contributed by atoms with van der Waals surface area (Å²) in [5.41, 5.74) is 0.445. The zero-order chi connectivity index (χ0) is 15.1. The van der Waals surface area contributed by atoms with Gasteiger partial charge in [0.2, 0.25) is 10.0 Å². The molecule has 1 saturated heterocycles. The number of hydrogen-bond acceptors (Lipinski definition) is 4. The smallest absolute Gasteiger partial charge is 0.241 e. The standard InChI is InChI=1S/C15H19NO4S/c17-9-4-3-6-14-5-1-2-7-15(14)21(18,19)16-11-13-8-10-20-12-13/h1-2,5,7,13,16-17H,4,8-12H2. The molecule has 0 saturated carbocycles. The van der Waals surface area contributed by atoms with E-state index in [4.69, 9.17) is 9.84 Å². The number of aliphatic hydroxyl groups is 1. The predicted molar refractivity (Wildman–Crippen MR) is 79.1 cm³/mol. The fourth-order valence-electron chi connectivity index (χ4n) is 2.07. The second-order valence-corrected chi connectivity index (χ2v) is 6.59. The van der Waals surface area contributed by atoms with Gasteiger partial charge in [-0.15, -0.1) is 0 Å².